The highest BCUT2D eigenvalue weighted by atomic mass is 35.5. The molecule has 8 nitrogen and oxygen atoms in total. The van der Waals surface area contributed by atoms with Crippen LogP contribution in [0.5, 0.6) is 5.75 Å². The maximum Gasteiger partial charge on any atom is 0.303 e. The molecule has 41 heavy (non-hydrogen) atoms. The lowest BCUT2D eigenvalue weighted by Gasteiger charge is -2.46. The molecule has 0 radical (unpaired) electrons. The molecular weight excluding hydrogens is 562 g/mol. The second-order valence-corrected chi connectivity index (χ2v) is 14.2. The van der Waals surface area contributed by atoms with Gasteiger partial charge in [0.05, 0.1) is 18.4 Å². The van der Waals surface area contributed by atoms with Crippen LogP contribution in [-0.4, -0.2) is 65.1 Å². The van der Waals surface area contributed by atoms with Crippen LogP contribution < -0.4 is 14.4 Å². The fourth-order valence-electron chi connectivity index (χ4n) is 7.05. The van der Waals surface area contributed by atoms with E-state index in [1.165, 1.54) is 22.5 Å². The normalized spacial score (nSPS) is 30.7. The first-order valence-electron chi connectivity index (χ1n) is 14.5. The van der Waals surface area contributed by atoms with E-state index >= 15 is 0 Å². The average Bonchev–Trinajstić information content (AvgIpc) is 3.08. The zero-order valence-corrected chi connectivity index (χ0v) is 25.2. The summed E-state index contributed by atoms with van der Waals surface area (Å²) in [6, 6.07) is 11.5. The number of methoxy groups -OCH3 is 1. The maximum absolute atomic E-state index is 13.2. The van der Waals surface area contributed by atoms with Crippen LogP contribution in [0.1, 0.15) is 53.6 Å². The molecule has 2 aromatic rings. The van der Waals surface area contributed by atoms with Gasteiger partial charge in [0.15, 0.2) is 0 Å². The first kappa shape index (κ1) is 28.5. The third-order valence-corrected chi connectivity index (χ3v) is 11.2. The Hall–Kier alpha value is -2.59. The van der Waals surface area contributed by atoms with Crippen LogP contribution in [0.15, 0.2) is 48.6 Å². The van der Waals surface area contributed by atoms with Gasteiger partial charge in [-0.3, -0.25) is 4.79 Å². The minimum absolute atomic E-state index is 0.0381. The predicted octanol–water partition coefficient (Wildman–Crippen LogP) is 4.72. The van der Waals surface area contributed by atoms with Gasteiger partial charge in [-0.25, -0.2) is 4.72 Å². The van der Waals surface area contributed by atoms with Crippen LogP contribution in [0.25, 0.3) is 0 Å². The number of aryl methyl sites for hydroxylation is 1. The van der Waals surface area contributed by atoms with Gasteiger partial charge < -0.3 is 14.4 Å². The molecule has 1 spiro atoms. The second-order valence-electron chi connectivity index (χ2n) is 12.0. The number of carbonyl (C=O) groups is 1. The van der Waals surface area contributed by atoms with Crippen molar-refractivity contribution in [2.24, 2.45) is 11.8 Å². The van der Waals surface area contributed by atoms with Crippen molar-refractivity contribution >= 4 is 33.4 Å². The molecule has 220 valence electrons. The Morgan fingerprint density at radius 3 is 2.80 bits per heavy atom. The smallest absolute Gasteiger partial charge is 0.303 e. The molecular formula is C31H38ClN3O5S. The SMILES string of the molecule is CO[C@H]1/C=C\CCN(C)S(=O)(=O)NC(=O)c2ccc3c(c2)N(C[C@@H]2CC[C@H]21)C[C@@]1(CCCc2cc(Cl)ccc21)CO3. The van der Waals surface area contributed by atoms with E-state index in [0.717, 1.165) is 55.9 Å². The summed E-state index contributed by atoms with van der Waals surface area (Å²) in [5, 5.41) is 0.746. The number of amides is 1. The highest BCUT2D eigenvalue weighted by molar-refractivity contribution is 7.87. The van der Waals surface area contributed by atoms with Gasteiger partial charge in [0.1, 0.15) is 5.75 Å². The van der Waals surface area contributed by atoms with Gasteiger partial charge in [-0.2, -0.15) is 12.7 Å². The van der Waals surface area contributed by atoms with Crippen LogP contribution in [0.4, 0.5) is 5.69 Å². The molecule has 1 N–H and O–H groups in total. The summed E-state index contributed by atoms with van der Waals surface area (Å²) in [5.74, 6) is 0.826. The Morgan fingerprint density at radius 1 is 1.17 bits per heavy atom. The lowest BCUT2D eigenvalue weighted by Crippen LogP contribution is -2.49. The lowest BCUT2D eigenvalue weighted by molar-refractivity contribution is 0.0131. The van der Waals surface area contributed by atoms with Gasteiger partial charge >= 0.3 is 10.2 Å². The summed E-state index contributed by atoms with van der Waals surface area (Å²) in [4.78, 5) is 15.6. The molecule has 2 bridgehead atoms. The molecule has 1 fully saturated rings. The Kier molecular flexibility index (Phi) is 7.82. The third-order valence-electron chi connectivity index (χ3n) is 9.49. The van der Waals surface area contributed by atoms with Gasteiger partial charge in [0, 0.05) is 49.8 Å². The number of anilines is 1. The Balaban J connectivity index is 1.43. The number of hydrogen-bond acceptors (Lipinski definition) is 6. The number of halogens is 1. The number of fused-ring (bicyclic) bond motifs is 4. The molecule has 0 unspecified atom stereocenters. The van der Waals surface area contributed by atoms with Gasteiger partial charge in [0.25, 0.3) is 5.91 Å². The zero-order chi connectivity index (χ0) is 28.8. The van der Waals surface area contributed by atoms with Crippen LogP contribution >= 0.6 is 11.6 Å². The molecule has 1 amide bonds. The highest BCUT2D eigenvalue weighted by Gasteiger charge is 2.44. The third kappa shape index (κ3) is 5.49. The summed E-state index contributed by atoms with van der Waals surface area (Å²) in [5.41, 5.74) is 3.43. The molecule has 6 rings (SSSR count). The number of ether oxygens (including phenoxy) is 2. The number of hydrogen-bond donors (Lipinski definition) is 1. The van der Waals surface area contributed by atoms with Crippen molar-refractivity contribution in [3.63, 3.8) is 0 Å². The zero-order valence-electron chi connectivity index (χ0n) is 23.6. The molecule has 4 aliphatic rings. The predicted molar refractivity (Wildman–Crippen MR) is 160 cm³/mol. The quantitative estimate of drug-likeness (QED) is 0.477. The fraction of sp³-hybridized carbons (Fsp3) is 0.516. The van der Waals surface area contributed by atoms with Crippen molar-refractivity contribution in [3.8, 4) is 5.75 Å². The Bertz CT molecular complexity index is 1460. The highest BCUT2D eigenvalue weighted by Crippen LogP contribution is 2.47. The Morgan fingerprint density at radius 2 is 2.02 bits per heavy atom. The van der Waals surface area contributed by atoms with E-state index in [2.05, 4.69) is 27.8 Å². The van der Waals surface area contributed by atoms with Crippen molar-refractivity contribution in [1.82, 2.24) is 9.03 Å². The van der Waals surface area contributed by atoms with E-state index in [1.54, 1.807) is 25.3 Å². The maximum atomic E-state index is 13.2. The number of carbonyl (C=O) groups excluding carboxylic acids is 1. The van der Waals surface area contributed by atoms with Crippen molar-refractivity contribution in [2.75, 3.05) is 45.3 Å². The Labute approximate surface area is 247 Å². The standard InChI is InChI=1S/C31H38ClN3O5S/c1-34-15-4-3-7-28(39-2)25-11-8-23(25)18-35-19-31(14-5-6-21-16-24(32)10-12-26(21)31)20-40-29-13-9-22(17-27(29)35)30(36)33-41(34,37)38/h3,7,9-10,12-13,16-17,23,25,28H,4-6,8,11,14-15,18-20H2,1-2H3,(H,33,36)/b7-3-/t23-,25+,28-,31-/m0/s1. The summed E-state index contributed by atoms with van der Waals surface area (Å²) >= 11 is 6.39. The minimum Gasteiger partial charge on any atom is -0.490 e. The van der Waals surface area contributed by atoms with Gasteiger partial charge in [0.2, 0.25) is 0 Å². The molecule has 2 aliphatic carbocycles. The molecule has 2 heterocycles. The lowest BCUT2D eigenvalue weighted by atomic mass is 9.68. The van der Waals surface area contributed by atoms with E-state index in [0.29, 0.717) is 30.6 Å². The molecule has 2 aliphatic heterocycles. The van der Waals surface area contributed by atoms with E-state index in [9.17, 15) is 13.2 Å². The summed E-state index contributed by atoms with van der Waals surface area (Å²) < 4.78 is 41.7. The van der Waals surface area contributed by atoms with Crippen molar-refractivity contribution < 1.29 is 22.7 Å². The number of benzene rings is 2. The molecule has 1 saturated carbocycles. The van der Waals surface area contributed by atoms with Crippen molar-refractivity contribution in [3.05, 3.63) is 70.3 Å². The van der Waals surface area contributed by atoms with Gasteiger partial charge in [-0.1, -0.05) is 29.8 Å². The molecule has 4 atom stereocenters. The first-order chi connectivity index (χ1) is 19.7. The molecule has 0 aromatic heterocycles. The summed E-state index contributed by atoms with van der Waals surface area (Å²) in [6.45, 7) is 2.31. The summed E-state index contributed by atoms with van der Waals surface area (Å²) in [7, 11) is -0.781. The molecule has 10 heteroatoms. The van der Waals surface area contributed by atoms with Crippen molar-refractivity contribution in [1.29, 1.82) is 0 Å². The van der Waals surface area contributed by atoms with E-state index < -0.39 is 16.1 Å². The average molecular weight is 600 g/mol. The fourth-order valence-corrected chi connectivity index (χ4v) is 8.10. The largest absolute Gasteiger partial charge is 0.490 e. The van der Waals surface area contributed by atoms with E-state index in [4.69, 9.17) is 21.1 Å². The van der Waals surface area contributed by atoms with Crippen LogP contribution in [-0.2, 0) is 26.8 Å². The minimum atomic E-state index is -4.00. The van der Waals surface area contributed by atoms with Crippen LogP contribution in [0.3, 0.4) is 0 Å². The van der Waals surface area contributed by atoms with Crippen molar-refractivity contribution in [2.45, 2.75) is 50.0 Å². The number of rotatable bonds is 1. The number of nitrogens with one attached hydrogen (secondary N) is 1. The second kappa shape index (κ2) is 11.2. The van der Waals surface area contributed by atoms with Crippen LogP contribution in [0.2, 0.25) is 5.02 Å². The van der Waals surface area contributed by atoms with Crippen LogP contribution in [0, 0.1) is 11.8 Å². The summed E-state index contributed by atoms with van der Waals surface area (Å²) in [6.07, 6.45) is 9.75. The topological polar surface area (TPSA) is 88.2 Å². The first-order valence-corrected chi connectivity index (χ1v) is 16.3. The van der Waals surface area contributed by atoms with E-state index in [-0.39, 0.29) is 23.6 Å². The van der Waals surface area contributed by atoms with Gasteiger partial charge in [-0.05, 0) is 91.8 Å². The molecule has 0 saturated heterocycles. The van der Waals surface area contributed by atoms with E-state index in [1.807, 2.05) is 12.1 Å². The molecule has 2 aromatic carbocycles. The monoisotopic (exact) mass is 599 g/mol. The number of nitrogens with zero attached hydrogens (tertiary/aromatic N) is 2. The van der Waals surface area contributed by atoms with Gasteiger partial charge in [-0.15, -0.1) is 0 Å².